The number of hydrogen-bond donors (Lipinski definition) is 3. The summed E-state index contributed by atoms with van der Waals surface area (Å²) in [7, 11) is 0. The Balaban J connectivity index is 2.26. The molecule has 0 heterocycles. The van der Waals surface area contributed by atoms with Gasteiger partial charge in [0, 0.05) is 15.9 Å². The first-order valence-corrected chi connectivity index (χ1v) is 9.34. The van der Waals surface area contributed by atoms with Crippen LogP contribution in [0.3, 0.4) is 0 Å². The Bertz CT molecular complexity index is 774. The molecule has 8 heteroatoms. The van der Waals surface area contributed by atoms with E-state index in [1.54, 1.807) is 0 Å². The van der Waals surface area contributed by atoms with Crippen LogP contribution in [0.4, 0.5) is 15.8 Å². The number of halogens is 3. The topological polar surface area (TPSA) is 70.6 Å². The zero-order chi connectivity index (χ0) is 18.4. The van der Waals surface area contributed by atoms with Crippen LogP contribution in [0.25, 0.3) is 0 Å². The maximum Gasteiger partial charge on any atom is 0.276 e. The summed E-state index contributed by atoms with van der Waals surface area (Å²) >= 11 is 5.30. The number of aliphatic hydroxyl groups is 1. The third-order valence-electron chi connectivity index (χ3n) is 3.33. The van der Waals surface area contributed by atoms with E-state index >= 15 is 0 Å². The number of nitrogens with one attached hydrogen (secondary N) is 2. The lowest BCUT2D eigenvalue weighted by Gasteiger charge is -2.15. The molecule has 2 aromatic carbocycles. The van der Waals surface area contributed by atoms with Crippen molar-refractivity contribution in [1.82, 2.24) is 5.48 Å². The van der Waals surface area contributed by atoms with Crippen LogP contribution in [0.1, 0.15) is 22.3 Å². The minimum atomic E-state index is -0.510. The van der Waals surface area contributed by atoms with E-state index in [1.165, 1.54) is 12.1 Å². The minimum absolute atomic E-state index is 0.0309. The second kappa shape index (κ2) is 9.46. The molecule has 5 nitrogen and oxygen atoms in total. The number of carbonyl (C=O) groups is 1. The quantitative estimate of drug-likeness (QED) is 0.288. The minimum Gasteiger partial charge on any atom is -0.396 e. The summed E-state index contributed by atoms with van der Waals surface area (Å²) in [5.41, 5.74) is 4.60. The molecule has 1 amide bonds. The second-order valence-corrected chi connectivity index (χ2v) is 7.35. The molecule has 2 rings (SSSR count). The average molecular weight is 523 g/mol. The predicted octanol–water partition coefficient (Wildman–Crippen LogP) is 4.29. The maximum atomic E-state index is 14.0. The number of hydroxylamine groups is 1. The highest BCUT2D eigenvalue weighted by molar-refractivity contribution is 14.1. The van der Waals surface area contributed by atoms with Gasteiger partial charge in [-0.3, -0.25) is 9.63 Å². The van der Waals surface area contributed by atoms with Gasteiger partial charge in [-0.1, -0.05) is 0 Å². The highest BCUT2D eigenvalue weighted by Crippen LogP contribution is 2.29. The smallest absolute Gasteiger partial charge is 0.276 e. The second-order valence-electron chi connectivity index (χ2n) is 5.25. The Morgan fingerprint density at radius 2 is 2.08 bits per heavy atom. The first-order chi connectivity index (χ1) is 11.9. The molecule has 0 aliphatic heterocycles. The molecule has 0 unspecified atom stereocenters. The fourth-order valence-corrected chi connectivity index (χ4v) is 3.05. The van der Waals surface area contributed by atoms with E-state index in [2.05, 4.69) is 49.3 Å². The first kappa shape index (κ1) is 20.1. The van der Waals surface area contributed by atoms with E-state index in [4.69, 9.17) is 9.94 Å². The number of rotatable bonds is 7. The Hall–Kier alpha value is -1.23. The number of aliphatic hydroxyl groups excluding tert-OH is 1. The zero-order valence-electron chi connectivity index (χ0n) is 13.4. The normalized spacial score (nSPS) is 10.6. The average Bonchev–Trinajstić information content (AvgIpc) is 2.57. The molecular weight excluding hydrogens is 506 g/mol. The lowest BCUT2D eigenvalue weighted by Crippen LogP contribution is -2.25. The van der Waals surface area contributed by atoms with Crippen LogP contribution < -0.4 is 10.8 Å². The summed E-state index contributed by atoms with van der Waals surface area (Å²) in [5.74, 6) is -0.993. The highest BCUT2D eigenvalue weighted by atomic mass is 127. The van der Waals surface area contributed by atoms with Crippen molar-refractivity contribution in [3.8, 4) is 0 Å². The molecule has 0 fully saturated rings. The van der Waals surface area contributed by atoms with Crippen LogP contribution in [-0.2, 0) is 4.84 Å². The van der Waals surface area contributed by atoms with Crippen LogP contribution in [0.15, 0.2) is 34.8 Å². The van der Waals surface area contributed by atoms with E-state index in [9.17, 15) is 9.18 Å². The van der Waals surface area contributed by atoms with Crippen molar-refractivity contribution in [3.63, 3.8) is 0 Å². The lowest BCUT2D eigenvalue weighted by molar-refractivity contribution is 0.0262. The monoisotopic (exact) mass is 522 g/mol. The largest absolute Gasteiger partial charge is 0.396 e. The first-order valence-electron chi connectivity index (χ1n) is 7.47. The highest BCUT2D eigenvalue weighted by Gasteiger charge is 2.16. The fraction of sp³-hybridized carbons (Fsp3) is 0.235. The number of hydrogen-bond acceptors (Lipinski definition) is 4. The number of anilines is 2. The van der Waals surface area contributed by atoms with E-state index in [-0.39, 0.29) is 23.2 Å². The summed E-state index contributed by atoms with van der Waals surface area (Å²) in [4.78, 5) is 17.3. The van der Waals surface area contributed by atoms with Gasteiger partial charge < -0.3 is 10.4 Å². The summed E-state index contributed by atoms with van der Waals surface area (Å²) in [6.45, 7) is 2.08. The van der Waals surface area contributed by atoms with E-state index < -0.39 is 11.7 Å². The van der Waals surface area contributed by atoms with Gasteiger partial charge in [0.05, 0.1) is 22.3 Å². The number of aryl methyl sites for hydroxylation is 1. The van der Waals surface area contributed by atoms with Crippen molar-refractivity contribution >= 4 is 55.8 Å². The number of carbonyl (C=O) groups excluding carboxylic acids is 1. The number of amides is 1. The van der Waals surface area contributed by atoms with Gasteiger partial charge >= 0.3 is 0 Å². The molecule has 0 atom stereocenters. The van der Waals surface area contributed by atoms with E-state index in [0.29, 0.717) is 12.1 Å². The Morgan fingerprint density at radius 3 is 2.76 bits per heavy atom. The van der Waals surface area contributed by atoms with E-state index in [0.717, 1.165) is 14.8 Å². The van der Waals surface area contributed by atoms with Crippen molar-refractivity contribution in [2.75, 3.05) is 18.5 Å². The van der Waals surface area contributed by atoms with Crippen molar-refractivity contribution in [1.29, 1.82) is 0 Å². The van der Waals surface area contributed by atoms with Gasteiger partial charge in [-0.25, -0.2) is 9.87 Å². The van der Waals surface area contributed by atoms with Gasteiger partial charge in [0.1, 0.15) is 5.82 Å². The molecule has 0 spiro atoms. The zero-order valence-corrected chi connectivity index (χ0v) is 17.1. The molecule has 0 aliphatic carbocycles. The molecule has 3 N–H and O–H groups in total. The standard InChI is InChI=1S/C17H17BrFIN2O3/c1-10-7-11(20)3-4-15(10)21-16-9-14(19)13(18)8-12(16)17(24)22-25-6-2-5-23/h3-4,7-9,21,23H,2,5-6H2,1H3,(H,22,24). The SMILES string of the molecule is Cc1cc(I)ccc1Nc1cc(F)c(Br)cc1C(=O)NOCCCO. The van der Waals surface area contributed by atoms with Crippen LogP contribution in [-0.4, -0.2) is 24.2 Å². The van der Waals surface area contributed by atoms with Crippen molar-refractivity contribution < 1.29 is 19.1 Å². The summed E-state index contributed by atoms with van der Waals surface area (Å²) in [6.07, 6.45) is 0.403. The van der Waals surface area contributed by atoms with Gasteiger partial charge in [0.25, 0.3) is 5.91 Å². The molecule has 25 heavy (non-hydrogen) atoms. The molecule has 134 valence electrons. The van der Waals surface area contributed by atoms with Crippen LogP contribution in [0, 0.1) is 16.3 Å². The summed E-state index contributed by atoms with van der Waals surface area (Å²) in [5, 5.41) is 11.8. The Kier molecular flexibility index (Phi) is 7.60. The number of benzene rings is 2. The van der Waals surface area contributed by atoms with Gasteiger partial charge in [0.2, 0.25) is 0 Å². The fourth-order valence-electron chi connectivity index (χ4n) is 2.06. The van der Waals surface area contributed by atoms with Gasteiger partial charge in [0.15, 0.2) is 0 Å². The third kappa shape index (κ3) is 5.63. The Morgan fingerprint density at radius 1 is 1.32 bits per heavy atom. The summed E-state index contributed by atoms with van der Waals surface area (Å²) in [6, 6.07) is 8.42. The van der Waals surface area contributed by atoms with Crippen molar-refractivity contribution in [2.45, 2.75) is 13.3 Å². The van der Waals surface area contributed by atoms with Crippen LogP contribution in [0.5, 0.6) is 0 Å². The van der Waals surface area contributed by atoms with Crippen molar-refractivity contribution in [2.24, 2.45) is 0 Å². The molecule has 0 bridgehead atoms. The van der Waals surface area contributed by atoms with Crippen LogP contribution >= 0.6 is 38.5 Å². The van der Waals surface area contributed by atoms with Crippen LogP contribution in [0.2, 0.25) is 0 Å². The van der Waals surface area contributed by atoms with Gasteiger partial charge in [-0.05, 0) is 87.8 Å². The maximum absolute atomic E-state index is 14.0. The molecule has 0 radical (unpaired) electrons. The molecular formula is C17H17BrFIN2O3. The molecule has 0 aliphatic rings. The van der Waals surface area contributed by atoms with Gasteiger partial charge in [-0.2, -0.15) is 0 Å². The predicted molar refractivity (Wildman–Crippen MR) is 106 cm³/mol. The Labute approximate surface area is 167 Å². The summed E-state index contributed by atoms with van der Waals surface area (Å²) < 4.78 is 15.2. The molecule has 0 aromatic heterocycles. The third-order valence-corrected chi connectivity index (χ3v) is 4.61. The van der Waals surface area contributed by atoms with Gasteiger partial charge in [-0.15, -0.1) is 0 Å². The molecule has 0 saturated carbocycles. The lowest BCUT2D eigenvalue weighted by atomic mass is 10.1. The van der Waals surface area contributed by atoms with E-state index in [1.807, 2.05) is 25.1 Å². The molecule has 2 aromatic rings. The molecule has 0 saturated heterocycles. The van der Waals surface area contributed by atoms with Crippen molar-refractivity contribution in [3.05, 3.63) is 55.3 Å².